The lowest BCUT2D eigenvalue weighted by atomic mass is 10.0. The van der Waals surface area contributed by atoms with Crippen LogP contribution in [0.15, 0.2) is 24.3 Å². The number of ketones is 1. The second-order valence-electron chi connectivity index (χ2n) is 7.98. The van der Waals surface area contributed by atoms with E-state index in [1.54, 1.807) is 4.67 Å². The lowest BCUT2D eigenvalue weighted by molar-refractivity contribution is -0.165. The smallest absolute Gasteiger partial charge is 0.394 e. The maximum absolute atomic E-state index is 13.5. The summed E-state index contributed by atoms with van der Waals surface area (Å²) in [7, 11) is -3.69. The molecule has 10 nitrogen and oxygen atoms in total. The van der Waals surface area contributed by atoms with Crippen molar-refractivity contribution in [3.8, 4) is 0 Å². The molecule has 1 saturated heterocycles. The average molecular weight is 575 g/mol. The number of halogens is 4. The molecule has 0 spiro atoms. The van der Waals surface area contributed by atoms with Crippen LogP contribution < -0.4 is 0 Å². The lowest BCUT2D eigenvalue weighted by Crippen LogP contribution is -2.35. The Hall–Kier alpha value is -1.48. The topological polar surface area (TPSA) is 113 Å². The minimum atomic E-state index is -5.26. The maximum Gasteiger partial charge on any atom is 0.427 e. The van der Waals surface area contributed by atoms with Crippen LogP contribution in [0, 0.1) is 0 Å². The highest BCUT2D eigenvalue weighted by Crippen LogP contribution is 2.52. The van der Waals surface area contributed by atoms with E-state index in [0.717, 1.165) is 12.1 Å². The third kappa shape index (κ3) is 11.7. The molecular formula is C23H34F4NO9P. The van der Waals surface area contributed by atoms with Gasteiger partial charge in [-0.3, -0.25) is 13.8 Å². The van der Waals surface area contributed by atoms with Crippen LogP contribution in [0.4, 0.5) is 17.6 Å². The van der Waals surface area contributed by atoms with Gasteiger partial charge in [-0.1, -0.05) is 24.3 Å². The van der Waals surface area contributed by atoms with Crippen molar-refractivity contribution in [3.05, 3.63) is 35.4 Å². The van der Waals surface area contributed by atoms with Gasteiger partial charge >= 0.3 is 13.9 Å². The number of aliphatic hydroxyl groups is 1. The van der Waals surface area contributed by atoms with Gasteiger partial charge in [0.05, 0.1) is 72.7 Å². The van der Waals surface area contributed by atoms with Gasteiger partial charge in [-0.25, -0.2) is 13.6 Å². The number of Topliss-reactive ketones (excluding diaryl/α,β-unsaturated/α-hetero) is 1. The molecule has 0 amide bonds. The van der Waals surface area contributed by atoms with Gasteiger partial charge in [0, 0.05) is 18.7 Å². The monoisotopic (exact) mass is 575 g/mol. The van der Waals surface area contributed by atoms with E-state index in [1.165, 1.54) is 12.1 Å². The second kappa shape index (κ2) is 17.3. The fourth-order valence-electron chi connectivity index (χ4n) is 3.23. The van der Waals surface area contributed by atoms with Gasteiger partial charge in [0.15, 0.2) is 0 Å². The number of morpholine rings is 1. The van der Waals surface area contributed by atoms with Crippen LogP contribution in [0.5, 0.6) is 0 Å². The molecule has 0 radical (unpaired) electrons. The van der Waals surface area contributed by atoms with Gasteiger partial charge in [-0.05, 0) is 12.0 Å². The van der Waals surface area contributed by atoms with Crippen molar-refractivity contribution in [1.29, 1.82) is 0 Å². The molecule has 0 saturated carbocycles. The molecule has 1 heterocycles. The second-order valence-corrected chi connectivity index (χ2v) is 10.00. The molecule has 1 aromatic rings. The largest absolute Gasteiger partial charge is 0.427 e. The molecule has 2 rings (SSSR count). The van der Waals surface area contributed by atoms with Gasteiger partial charge < -0.3 is 24.1 Å². The number of hydrogen-bond donors (Lipinski definition) is 1. The molecule has 1 fully saturated rings. The highest BCUT2D eigenvalue weighted by atomic mass is 31.2. The standard InChI is InChI=1S/C23H34F4NO9P/c24-22(23(25,26)27)21(30)20-3-1-19(2-4-20)5-9-36-38(31,28-6-10-32-11-7-28)37-18-17-35-16-15-34-14-13-33-12-8-29/h1-4,22,29H,5-18H2. The number of hydrogen-bond acceptors (Lipinski definition) is 9. The van der Waals surface area contributed by atoms with Gasteiger partial charge in [-0.15, -0.1) is 0 Å². The predicted molar refractivity (Wildman–Crippen MR) is 127 cm³/mol. The third-order valence-electron chi connectivity index (χ3n) is 5.20. The van der Waals surface area contributed by atoms with Crippen LogP contribution in [0.25, 0.3) is 0 Å². The maximum atomic E-state index is 13.5. The first-order valence-corrected chi connectivity index (χ1v) is 13.6. The van der Waals surface area contributed by atoms with Gasteiger partial charge in [0.2, 0.25) is 5.78 Å². The minimum absolute atomic E-state index is 0.00530. The van der Waals surface area contributed by atoms with Crippen LogP contribution in [-0.4, -0.2) is 114 Å². The van der Waals surface area contributed by atoms with Crippen molar-refractivity contribution < 1.29 is 60.0 Å². The van der Waals surface area contributed by atoms with Crippen LogP contribution >= 0.6 is 7.75 Å². The van der Waals surface area contributed by atoms with Crippen LogP contribution in [-0.2, 0) is 39.0 Å². The first-order chi connectivity index (χ1) is 18.2. The minimum Gasteiger partial charge on any atom is -0.394 e. The Bertz CT molecular complexity index is 854. The summed E-state index contributed by atoms with van der Waals surface area (Å²) < 4.78 is 97.9. The molecule has 2 unspecified atom stereocenters. The molecule has 0 bridgehead atoms. The van der Waals surface area contributed by atoms with E-state index in [4.69, 9.17) is 33.1 Å². The Morgan fingerprint density at radius 1 is 0.921 bits per heavy atom. The van der Waals surface area contributed by atoms with E-state index in [1.807, 2.05) is 0 Å². The van der Waals surface area contributed by atoms with Crippen LogP contribution in [0.3, 0.4) is 0 Å². The number of benzene rings is 1. The predicted octanol–water partition coefficient (Wildman–Crippen LogP) is 2.83. The van der Waals surface area contributed by atoms with E-state index in [9.17, 15) is 26.9 Å². The number of carbonyl (C=O) groups is 1. The highest BCUT2D eigenvalue weighted by Gasteiger charge is 2.45. The summed E-state index contributed by atoms with van der Waals surface area (Å²) in [5.41, 5.74) is 0.185. The summed E-state index contributed by atoms with van der Waals surface area (Å²) in [6.45, 7) is 3.03. The van der Waals surface area contributed by atoms with Gasteiger partial charge in [-0.2, -0.15) is 13.2 Å². The summed E-state index contributed by atoms with van der Waals surface area (Å²) in [5, 5.41) is 8.61. The first kappa shape index (κ1) is 32.7. The van der Waals surface area contributed by atoms with E-state index in [0.29, 0.717) is 51.7 Å². The zero-order valence-electron chi connectivity index (χ0n) is 20.9. The zero-order valence-corrected chi connectivity index (χ0v) is 21.8. The van der Waals surface area contributed by atoms with Gasteiger partial charge in [0.1, 0.15) is 0 Å². The lowest BCUT2D eigenvalue weighted by Gasteiger charge is -2.32. The average Bonchev–Trinajstić information content (AvgIpc) is 2.91. The molecule has 218 valence electrons. The molecule has 0 aromatic heterocycles. The summed E-state index contributed by atoms with van der Waals surface area (Å²) in [6, 6.07) is 4.98. The molecule has 1 aliphatic heterocycles. The fraction of sp³-hybridized carbons (Fsp3) is 0.696. The molecule has 1 N–H and O–H groups in total. The van der Waals surface area contributed by atoms with E-state index < -0.39 is 31.4 Å². The van der Waals surface area contributed by atoms with Crippen molar-refractivity contribution >= 4 is 13.5 Å². The molecule has 2 atom stereocenters. The number of nitrogens with zero attached hydrogens (tertiary/aromatic N) is 1. The van der Waals surface area contributed by atoms with Crippen molar-refractivity contribution in [3.63, 3.8) is 0 Å². The van der Waals surface area contributed by atoms with Crippen molar-refractivity contribution in [1.82, 2.24) is 4.67 Å². The van der Waals surface area contributed by atoms with Crippen LogP contribution in [0.1, 0.15) is 15.9 Å². The highest BCUT2D eigenvalue weighted by molar-refractivity contribution is 7.51. The normalized spacial score (nSPS) is 17.3. The Labute approximate surface area is 218 Å². The number of aliphatic hydroxyl groups excluding tert-OH is 1. The third-order valence-corrected chi connectivity index (χ3v) is 7.31. The zero-order chi connectivity index (χ0) is 27.9. The molecule has 38 heavy (non-hydrogen) atoms. The van der Waals surface area contributed by atoms with Crippen molar-refractivity contribution in [2.45, 2.75) is 18.8 Å². The van der Waals surface area contributed by atoms with E-state index >= 15 is 0 Å². The fourth-order valence-corrected chi connectivity index (χ4v) is 4.91. The molecule has 1 aromatic carbocycles. The van der Waals surface area contributed by atoms with Crippen molar-refractivity contribution in [2.24, 2.45) is 0 Å². The molecule has 1 aliphatic rings. The Morgan fingerprint density at radius 3 is 2.00 bits per heavy atom. The van der Waals surface area contributed by atoms with E-state index in [-0.39, 0.29) is 46.1 Å². The van der Waals surface area contributed by atoms with Crippen molar-refractivity contribution in [2.75, 3.05) is 85.8 Å². The van der Waals surface area contributed by atoms with Crippen LogP contribution in [0.2, 0.25) is 0 Å². The quantitative estimate of drug-likeness (QED) is 0.114. The number of alkyl halides is 4. The summed E-state index contributed by atoms with van der Waals surface area (Å²) in [6.07, 6.45) is -8.62. The molecular weight excluding hydrogens is 541 g/mol. The Morgan fingerprint density at radius 2 is 1.45 bits per heavy atom. The summed E-state index contributed by atoms with van der Waals surface area (Å²) in [4.78, 5) is 11.7. The summed E-state index contributed by atoms with van der Waals surface area (Å²) >= 11 is 0. The summed E-state index contributed by atoms with van der Waals surface area (Å²) in [5.74, 6) is -1.66. The number of carbonyl (C=O) groups excluding carboxylic acids is 1. The molecule has 15 heteroatoms. The Balaban J connectivity index is 1.77. The number of ether oxygens (including phenoxy) is 4. The molecule has 0 aliphatic carbocycles. The van der Waals surface area contributed by atoms with Gasteiger partial charge in [0.25, 0.3) is 6.17 Å². The first-order valence-electron chi connectivity index (χ1n) is 12.1. The SMILES string of the molecule is O=C(c1ccc(CCOP(=O)(OCCOCCOCCOCCO)N2CCOCC2)cc1)C(F)C(F)(F)F. The number of rotatable bonds is 19. The van der Waals surface area contributed by atoms with E-state index in [2.05, 4.69) is 0 Å². The Kier molecular flexibility index (Phi) is 14.9.